The zero-order chi connectivity index (χ0) is 14.7. The van der Waals surface area contributed by atoms with Crippen LogP contribution in [0.15, 0.2) is 22.7 Å². The van der Waals surface area contributed by atoms with E-state index in [0.29, 0.717) is 5.92 Å². The van der Waals surface area contributed by atoms with E-state index in [4.69, 9.17) is 4.74 Å². The molecule has 1 N–H and O–H groups in total. The van der Waals surface area contributed by atoms with Gasteiger partial charge in [0.25, 0.3) is 0 Å². The topological polar surface area (TPSA) is 24.5 Å². The van der Waals surface area contributed by atoms with Crippen LogP contribution in [0, 0.1) is 5.92 Å². The number of nitrogens with zero attached hydrogens (tertiary/aromatic N) is 1. The fourth-order valence-corrected chi connectivity index (χ4v) is 3.60. The van der Waals surface area contributed by atoms with Gasteiger partial charge in [0.15, 0.2) is 0 Å². The highest BCUT2D eigenvalue weighted by Crippen LogP contribution is 2.25. The fraction of sp³-hybridized carbons (Fsp3) is 0.647. The molecule has 2 fully saturated rings. The Kier molecular flexibility index (Phi) is 5.33. The van der Waals surface area contributed by atoms with Gasteiger partial charge in [-0.3, -0.25) is 4.90 Å². The molecule has 2 aliphatic rings. The molecule has 3 nitrogen and oxygen atoms in total. The van der Waals surface area contributed by atoms with Gasteiger partial charge in [0, 0.05) is 37.3 Å². The molecular formula is C17H25BrN2O. The minimum absolute atomic E-state index is 0.704. The lowest BCUT2D eigenvalue weighted by Crippen LogP contribution is -2.21. The Labute approximate surface area is 136 Å². The van der Waals surface area contributed by atoms with Gasteiger partial charge in [-0.1, -0.05) is 28.1 Å². The minimum Gasteiger partial charge on any atom is -0.384 e. The Morgan fingerprint density at radius 2 is 2.19 bits per heavy atom. The third kappa shape index (κ3) is 4.52. The Balaban J connectivity index is 1.53. The second kappa shape index (κ2) is 7.23. The van der Waals surface area contributed by atoms with Gasteiger partial charge in [0.1, 0.15) is 0 Å². The maximum absolute atomic E-state index is 5.27. The fourth-order valence-electron chi connectivity index (χ4n) is 3.05. The number of rotatable bonds is 7. The Morgan fingerprint density at radius 1 is 1.33 bits per heavy atom. The van der Waals surface area contributed by atoms with Crippen LogP contribution >= 0.6 is 15.9 Å². The van der Waals surface area contributed by atoms with E-state index < -0.39 is 0 Å². The van der Waals surface area contributed by atoms with Crippen LogP contribution in [0.4, 0.5) is 0 Å². The number of nitrogens with one attached hydrogen (secondary N) is 1. The summed E-state index contributed by atoms with van der Waals surface area (Å²) in [5, 5.41) is 3.57. The minimum atomic E-state index is 0.704. The number of likely N-dealkylation sites (tertiary alicyclic amines) is 1. The maximum atomic E-state index is 5.27. The molecule has 1 aromatic carbocycles. The van der Waals surface area contributed by atoms with E-state index in [2.05, 4.69) is 44.3 Å². The van der Waals surface area contributed by atoms with Crippen LogP contribution in [0.25, 0.3) is 0 Å². The summed E-state index contributed by atoms with van der Waals surface area (Å²) in [6.45, 7) is 5.26. The van der Waals surface area contributed by atoms with Crippen molar-refractivity contribution in [3.05, 3.63) is 33.8 Å². The van der Waals surface area contributed by atoms with Gasteiger partial charge in [0.2, 0.25) is 0 Å². The first-order valence-electron chi connectivity index (χ1n) is 7.96. The van der Waals surface area contributed by atoms with Crippen LogP contribution in [0.5, 0.6) is 0 Å². The standard InChI is InChI=1S/C17H25BrN2O/c1-21-12-14-6-7-20(10-14)11-15-3-2-13(8-17(15)18)9-19-16-4-5-16/h2-3,8,14,16,19H,4-7,9-12H2,1H3. The summed E-state index contributed by atoms with van der Waals surface area (Å²) in [7, 11) is 1.80. The third-order valence-electron chi connectivity index (χ3n) is 4.46. The summed E-state index contributed by atoms with van der Waals surface area (Å²) in [4.78, 5) is 2.53. The number of benzene rings is 1. The quantitative estimate of drug-likeness (QED) is 0.815. The Morgan fingerprint density at radius 3 is 2.90 bits per heavy atom. The van der Waals surface area contributed by atoms with Crippen molar-refractivity contribution in [1.29, 1.82) is 0 Å². The summed E-state index contributed by atoms with van der Waals surface area (Å²) < 4.78 is 6.52. The largest absolute Gasteiger partial charge is 0.384 e. The number of ether oxygens (including phenoxy) is 1. The smallest absolute Gasteiger partial charge is 0.0503 e. The summed E-state index contributed by atoms with van der Waals surface area (Å²) in [5.74, 6) is 0.704. The van der Waals surface area contributed by atoms with Crippen LogP contribution in [-0.2, 0) is 17.8 Å². The lowest BCUT2D eigenvalue weighted by Gasteiger charge is -2.17. The maximum Gasteiger partial charge on any atom is 0.0503 e. The Hall–Kier alpha value is -0.420. The number of hydrogen-bond donors (Lipinski definition) is 1. The number of hydrogen-bond acceptors (Lipinski definition) is 3. The van der Waals surface area contributed by atoms with Gasteiger partial charge in [-0.15, -0.1) is 0 Å². The summed E-state index contributed by atoms with van der Waals surface area (Å²) >= 11 is 3.74. The predicted octanol–water partition coefficient (Wildman–Crippen LogP) is 3.17. The zero-order valence-electron chi connectivity index (χ0n) is 12.8. The second-order valence-electron chi connectivity index (χ2n) is 6.43. The highest BCUT2D eigenvalue weighted by Gasteiger charge is 2.23. The second-order valence-corrected chi connectivity index (χ2v) is 7.28. The monoisotopic (exact) mass is 352 g/mol. The molecule has 0 radical (unpaired) electrons. The van der Waals surface area contributed by atoms with E-state index in [1.807, 2.05) is 0 Å². The molecule has 0 spiro atoms. The van der Waals surface area contributed by atoms with Crippen molar-refractivity contribution in [2.24, 2.45) is 5.92 Å². The zero-order valence-corrected chi connectivity index (χ0v) is 14.4. The average molecular weight is 353 g/mol. The van der Waals surface area contributed by atoms with Crippen molar-refractivity contribution in [3.8, 4) is 0 Å². The molecule has 3 rings (SSSR count). The van der Waals surface area contributed by atoms with E-state index in [0.717, 1.165) is 32.3 Å². The van der Waals surface area contributed by atoms with Crippen LogP contribution in [0.1, 0.15) is 30.4 Å². The molecule has 116 valence electrons. The molecule has 1 saturated heterocycles. The molecule has 1 atom stereocenters. The number of halogens is 1. The van der Waals surface area contributed by atoms with Crippen LogP contribution < -0.4 is 5.32 Å². The van der Waals surface area contributed by atoms with Crippen molar-refractivity contribution in [3.63, 3.8) is 0 Å². The molecule has 0 aromatic heterocycles. The first kappa shape index (κ1) is 15.5. The van der Waals surface area contributed by atoms with Gasteiger partial charge in [-0.25, -0.2) is 0 Å². The van der Waals surface area contributed by atoms with Crippen molar-refractivity contribution in [2.45, 2.75) is 38.4 Å². The molecule has 0 bridgehead atoms. The van der Waals surface area contributed by atoms with Crippen molar-refractivity contribution < 1.29 is 4.74 Å². The molecule has 1 aromatic rings. The van der Waals surface area contributed by atoms with E-state index in [1.165, 1.54) is 41.4 Å². The van der Waals surface area contributed by atoms with E-state index in [9.17, 15) is 0 Å². The highest BCUT2D eigenvalue weighted by atomic mass is 79.9. The first-order valence-corrected chi connectivity index (χ1v) is 8.76. The van der Waals surface area contributed by atoms with Gasteiger partial charge < -0.3 is 10.1 Å². The highest BCUT2D eigenvalue weighted by molar-refractivity contribution is 9.10. The van der Waals surface area contributed by atoms with Crippen LogP contribution in [-0.4, -0.2) is 37.7 Å². The molecule has 1 aliphatic heterocycles. The number of methoxy groups -OCH3 is 1. The van der Waals surface area contributed by atoms with E-state index >= 15 is 0 Å². The summed E-state index contributed by atoms with van der Waals surface area (Å²) in [6, 6.07) is 7.58. The molecule has 21 heavy (non-hydrogen) atoms. The van der Waals surface area contributed by atoms with Crippen LogP contribution in [0.3, 0.4) is 0 Å². The molecule has 1 heterocycles. The molecule has 1 unspecified atom stereocenters. The van der Waals surface area contributed by atoms with Gasteiger partial charge in [0.05, 0.1) is 6.61 Å². The molecule has 0 amide bonds. The van der Waals surface area contributed by atoms with Crippen molar-refractivity contribution in [1.82, 2.24) is 10.2 Å². The SMILES string of the molecule is COCC1CCN(Cc2ccc(CNC3CC3)cc2Br)C1. The first-order chi connectivity index (χ1) is 10.2. The summed E-state index contributed by atoms with van der Waals surface area (Å²) in [5.41, 5.74) is 2.76. The molecular weight excluding hydrogens is 328 g/mol. The van der Waals surface area contributed by atoms with E-state index in [-0.39, 0.29) is 0 Å². The van der Waals surface area contributed by atoms with Crippen LogP contribution in [0.2, 0.25) is 0 Å². The lowest BCUT2D eigenvalue weighted by molar-refractivity contribution is 0.152. The molecule has 4 heteroatoms. The normalized spacial score (nSPS) is 22.9. The molecule has 1 saturated carbocycles. The molecule has 1 aliphatic carbocycles. The van der Waals surface area contributed by atoms with Crippen molar-refractivity contribution >= 4 is 15.9 Å². The Bertz CT molecular complexity index is 476. The van der Waals surface area contributed by atoms with Gasteiger partial charge >= 0.3 is 0 Å². The van der Waals surface area contributed by atoms with E-state index in [1.54, 1.807) is 7.11 Å². The predicted molar refractivity (Wildman–Crippen MR) is 89.3 cm³/mol. The lowest BCUT2D eigenvalue weighted by atomic mass is 10.1. The third-order valence-corrected chi connectivity index (χ3v) is 5.19. The average Bonchev–Trinajstić information content (AvgIpc) is 3.20. The van der Waals surface area contributed by atoms with Gasteiger partial charge in [-0.05, 0) is 48.9 Å². The van der Waals surface area contributed by atoms with Crippen molar-refractivity contribution in [2.75, 3.05) is 26.8 Å². The summed E-state index contributed by atoms with van der Waals surface area (Å²) in [6.07, 6.45) is 3.95. The van der Waals surface area contributed by atoms with Gasteiger partial charge in [-0.2, -0.15) is 0 Å².